The van der Waals surface area contributed by atoms with Crippen molar-refractivity contribution >= 4 is 11.9 Å². The third kappa shape index (κ3) is 54.0. The van der Waals surface area contributed by atoms with Crippen molar-refractivity contribution in [2.45, 2.75) is 410 Å². The third-order valence-electron chi connectivity index (χ3n) is 18.1. The lowest BCUT2D eigenvalue weighted by Gasteiger charge is -2.41. The number of amides is 1. The number of hydrogen-bond acceptors (Lipinski definition) is 10. The number of nitrogens with one attached hydrogen (secondary N) is 1. The fourth-order valence-corrected chi connectivity index (χ4v) is 12.1. The lowest BCUT2D eigenvalue weighted by molar-refractivity contribution is -0.305. The Morgan fingerprint density at radius 3 is 1.19 bits per heavy atom. The van der Waals surface area contributed by atoms with Gasteiger partial charge in [-0.2, -0.15) is 0 Å². The van der Waals surface area contributed by atoms with Crippen molar-refractivity contribution in [1.29, 1.82) is 0 Å². The summed E-state index contributed by atoms with van der Waals surface area (Å²) in [6.45, 7) is 5.73. The Morgan fingerprint density at radius 2 is 0.791 bits per heavy atom. The number of ether oxygens (including phenoxy) is 3. The van der Waals surface area contributed by atoms with Gasteiger partial charge in [0, 0.05) is 6.42 Å². The summed E-state index contributed by atoms with van der Waals surface area (Å²) in [5.74, 6) is -1.19. The van der Waals surface area contributed by atoms with Crippen molar-refractivity contribution in [3.8, 4) is 0 Å². The Hall–Kier alpha value is -2.90. The van der Waals surface area contributed by atoms with E-state index in [9.17, 15) is 35.1 Å². The summed E-state index contributed by atoms with van der Waals surface area (Å²) >= 11 is 0. The molecule has 0 aromatic rings. The number of rotatable bonds is 67. The van der Waals surface area contributed by atoms with Gasteiger partial charge in [0.1, 0.15) is 24.4 Å². The predicted molar refractivity (Wildman–Crippen MR) is 384 cm³/mol. The van der Waals surface area contributed by atoms with E-state index < -0.39 is 67.4 Å². The van der Waals surface area contributed by atoms with Gasteiger partial charge in [-0.25, -0.2) is 0 Å². The standard InChI is InChI=1S/C80H145NO10/c1-4-7-10-13-16-19-22-24-26-28-30-32-34-36-37-38-40-42-44-46-48-50-53-56-59-62-65-68-75(85)91-78-77(87)76(86)74(69-82)90-80(78)89-70-71(72(83)66-63-60-57-54-51-21-18-15-12-9-6-3)81-79(88)73(84)67-64-61-58-55-52-49-47-45-43-41-39-35-33-31-29-27-25-23-20-17-14-11-8-5-2/h7,10,16,19,24,26,30,32,36-37,63,66,71-74,76-78,80,82-84,86-87H,4-6,8-9,11-15,17-18,20-23,25,27-29,31,33-35,38-62,64-65,67-70H2,1-3H3,(H,81,88)/b10-7-,19-16-,26-24-,32-30-,37-36-,66-63+. The summed E-state index contributed by atoms with van der Waals surface area (Å²) in [5.41, 5.74) is 0. The first kappa shape index (κ1) is 86.1. The van der Waals surface area contributed by atoms with Gasteiger partial charge in [0.25, 0.3) is 0 Å². The van der Waals surface area contributed by atoms with Crippen LogP contribution in [0.2, 0.25) is 0 Å². The molecule has 1 saturated heterocycles. The molecule has 91 heavy (non-hydrogen) atoms. The van der Waals surface area contributed by atoms with E-state index in [-0.39, 0.29) is 13.0 Å². The highest BCUT2D eigenvalue weighted by Gasteiger charge is 2.47. The molecule has 1 aliphatic rings. The number of allylic oxidation sites excluding steroid dienone is 11. The number of hydrogen-bond donors (Lipinski definition) is 6. The van der Waals surface area contributed by atoms with Gasteiger partial charge in [-0.15, -0.1) is 0 Å². The van der Waals surface area contributed by atoms with E-state index in [2.05, 4.69) is 86.8 Å². The molecule has 0 radical (unpaired) electrons. The summed E-state index contributed by atoms with van der Waals surface area (Å²) in [4.78, 5) is 26.7. The first-order chi connectivity index (χ1) is 44.7. The van der Waals surface area contributed by atoms with Crippen LogP contribution in [0.3, 0.4) is 0 Å². The number of esters is 1. The zero-order valence-electron chi connectivity index (χ0n) is 59.2. The fraction of sp³-hybridized carbons (Fsp3) is 0.825. The molecule has 0 bridgehead atoms. The van der Waals surface area contributed by atoms with Gasteiger partial charge >= 0.3 is 5.97 Å². The average Bonchev–Trinajstić information content (AvgIpc) is 1.14. The Kier molecular flexibility index (Phi) is 63.5. The second-order valence-electron chi connectivity index (χ2n) is 26.7. The van der Waals surface area contributed by atoms with E-state index in [0.29, 0.717) is 19.3 Å². The van der Waals surface area contributed by atoms with Crippen LogP contribution in [-0.4, -0.2) is 99.6 Å². The molecule has 8 unspecified atom stereocenters. The van der Waals surface area contributed by atoms with Crippen molar-refractivity contribution in [2.75, 3.05) is 13.2 Å². The Morgan fingerprint density at radius 1 is 0.440 bits per heavy atom. The second kappa shape index (κ2) is 67.1. The molecule has 11 heteroatoms. The van der Waals surface area contributed by atoms with E-state index in [1.807, 2.05) is 6.08 Å². The van der Waals surface area contributed by atoms with Gasteiger partial charge < -0.3 is 45.1 Å². The van der Waals surface area contributed by atoms with Crippen molar-refractivity contribution in [2.24, 2.45) is 0 Å². The van der Waals surface area contributed by atoms with Crippen LogP contribution in [0.1, 0.15) is 361 Å². The maximum Gasteiger partial charge on any atom is 0.306 e. The van der Waals surface area contributed by atoms with Gasteiger partial charge in [-0.1, -0.05) is 357 Å². The molecule has 0 aliphatic carbocycles. The first-order valence-corrected chi connectivity index (χ1v) is 38.7. The topological polar surface area (TPSA) is 175 Å². The molecule has 0 spiro atoms. The molecule has 8 atom stereocenters. The van der Waals surface area contributed by atoms with Gasteiger partial charge in [0.05, 0.1) is 25.4 Å². The maximum atomic E-state index is 13.5. The van der Waals surface area contributed by atoms with Crippen LogP contribution in [0.4, 0.5) is 0 Å². The lowest BCUT2D eigenvalue weighted by Crippen LogP contribution is -2.61. The molecule has 1 heterocycles. The van der Waals surface area contributed by atoms with E-state index in [1.54, 1.807) is 6.08 Å². The first-order valence-electron chi connectivity index (χ1n) is 38.7. The molecule has 0 saturated carbocycles. The summed E-state index contributed by atoms with van der Waals surface area (Å²) in [6, 6.07) is -1.03. The molecule has 11 nitrogen and oxygen atoms in total. The van der Waals surface area contributed by atoms with E-state index in [1.165, 1.54) is 218 Å². The number of aliphatic hydroxyl groups excluding tert-OH is 5. The van der Waals surface area contributed by atoms with Gasteiger partial charge in [0.15, 0.2) is 12.4 Å². The van der Waals surface area contributed by atoms with Crippen molar-refractivity contribution in [3.05, 3.63) is 72.9 Å². The zero-order valence-corrected chi connectivity index (χ0v) is 59.2. The summed E-state index contributed by atoms with van der Waals surface area (Å²) < 4.78 is 17.7. The highest BCUT2D eigenvalue weighted by molar-refractivity contribution is 5.80. The molecule has 0 aromatic heterocycles. The van der Waals surface area contributed by atoms with Crippen LogP contribution < -0.4 is 5.32 Å². The SMILES string of the molecule is CC/C=C\C/C=C\C/C=C\C/C=C\C/C=C\CCCCCCCCCCCCCC(=O)OC1C(OCC(NC(=O)C(O)CCCCCCCCCCCCCCCCCCCCCCCCCC)C(O)/C=C/CCCCCCCCCCC)OC(CO)C(O)C1O. The molecular weight excluding hydrogens is 1130 g/mol. The minimum Gasteiger partial charge on any atom is -0.454 e. The quantitative estimate of drug-likeness (QED) is 0.0195. The van der Waals surface area contributed by atoms with Gasteiger partial charge in [-0.05, 0) is 70.6 Å². The maximum absolute atomic E-state index is 13.5. The second-order valence-corrected chi connectivity index (χ2v) is 26.7. The molecule has 6 N–H and O–H groups in total. The molecule has 1 amide bonds. The Labute approximate surface area is 560 Å². The average molecular weight is 1280 g/mol. The Balaban J connectivity index is 2.49. The predicted octanol–water partition coefficient (Wildman–Crippen LogP) is 20.6. The van der Waals surface area contributed by atoms with Gasteiger partial charge in [0.2, 0.25) is 5.91 Å². The lowest BCUT2D eigenvalue weighted by atomic mass is 9.99. The molecular formula is C80H145NO10. The van der Waals surface area contributed by atoms with Crippen molar-refractivity contribution in [1.82, 2.24) is 5.32 Å². The minimum atomic E-state index is -1.62. The van der Waals surface area contributed by atoms with Crippen LogP contribution in [0.25, 0.3) is 0 Å². The van der Waals surface area contributed by atoms with Crippen LogP contribution in [0.15, 0.2) is 72.9 Å². The highest BCUT2D eigenvalue weighted by Crippen LogP contribution is 2.27. The van der Waals surface area contributed by atoms with Crippen LogP contribution >= 0.6 is 0 Å². The van der Waals surface area contributed by atoms with Crippen molar-refractivity contribution < 1.29 is 49.3 Å². The summed E-state index contributed by atoms with van der Waals surface area (Å²) in [5, 5.41) is 57.4. The molecule has 0 aromatic carbocycles. The van der Waals surface area contributed by atoms with E-state index in [4.69, 9.17) is 14.2 Å². The number of unbranched alkanes of at least 4 members (excludes halogenated alkanes) is 43. The normalized spacial score (nSPS) is 18.4. The fourth-order valence-electron chi connectivity index (χ4n) is 12.1. The van der Waals surface area contributed by atoms with Crippen LogP contribution in [0.5, 0.6) is 0 Å². The molecule has 1 fully saturated rings. The van der Waals surface area contributed by atoms with E-state index in [0.717, 1.165) is 96.3 Å². The third-order valence-corrected chi connectivity index (χ3v) is 18.1. The monoisotopic (exact) mass is 1280 g/mol. The summed E-state index contributed by atoms with van der Waals surface area (Å²) in [7, 11) is 0. The highest BCUT2D eigenvalue weighted by atomic mass is 16.7. The largest absolute Gasteiger partial charge is 0.454 e. The number of carbonyl (C=O) groups excluding carboxylic acids is 2. The molecule has 1 rings (SSSR count). The molecule has 1 aliphatic heterocycles. The molecule has 530 valence electrons. The van der Waals surface area contributed by atoms with Crippen molar-refractivity contribution in [3.63, 3.8) is 0 Å². The van der Waals surface area contributed by atoms with Gasteiger partial charge in [-0.3, -0.25) is 9.59 Å². The zero-order chi connectivity index (χ0) is 66.0. The minimum absolute atomic E-state index is 0.119. The van der Waals surface area contributed by atoms with Crippen LogP contribution in [-0.2, 0) is 23.8 Å². The number of aliphatic hydroxyl groups is 5. The summed E-state index contributed by atoms with van der Waals surface area (Å²) in [6.07, 6.45) is 78.2. The Bertz CT molecular complexity index is 1760. The van der Waals surface area contributed by atoms with Crippen LogP contribution in [0, 0.1) is 0 Å². The number of carbonyl (C=O) groups is 2. The smallest absolute Gasteiger partial charge is 0.306 e. The van der Waals surface area contributed by atoms with E-state index >= 15 is 0 Å².